The number of hydrogen-bond acceptors (Lipinski definition) is 4. The Morgan fingerprint density at radius 2 is 1.47 bits per heavy atom. The number of hydrogen-bond donors (Lipinski definition) is 1. The number of anilines is 2. The second-order valence-electron chi connectivity index (χ2n) is 7.53. The second-order valence-corrected chi connectivity index (χ2v) is 9.36. The Morgan fingerprint density at radius 1 is 0.969 bits per heavy atom. The standard InChI is InChI=1S/C12H14BrN3O.C11H14BrN3/c1-4-10-12(15(3)7-17)16-6-9(13)5-8(2)11(16)14-10;1-4-9-11(13-3)15-6-8(12)5-7(2)10(15)14-9/h5-7H,4H2,1-3H3;5-6,13H,4H2,1-3H3. The molecule has 0 atom stereocenters. The highest BCUT2D eigenvalue weighted by molar-refractivity contribution is 9.10. The van der Waals surface area contributed by atoms with Crippen LogP contribution in [0.3, 0.4) is 0 Å². The maximum atomic E-state index is 11.0. The maximum absolute atomic E-state index is 11.0. The van der Waals surface area contributed by atoms with E-state index in [1.807, 2.05) is 43.8 Å². The van der Waals surface area contributed by atoms with Crippen LogP contribution in [-0.4, -0.2) is 39.3 Å². The zero-order valence-corrected chi connectivity index (χ0v) is 22.4. The zero-order valence-electron chi connectivity index (χ0n) is 19.2. The number of fused-ring (bicyclic) bond motifs is 2. The lowest BCUT2D eigenvalue weighted by Crippen LogP contribution is -2.17. The molecule has 0 bridgehead atoms. The van der Waals surface area contributed by atoms with Crippen molar-refractivity contribution in [3.8, 4) is 0 Å². The lowest BCUT2D eigenvalue weighted by Gasteiger charge is -2.12. The molecular weight excluding hydrogens is 536 g/mol. The second kappa shape index (κ2) is 10.0. The van der Waals surface area contributed by atoms with Crippen molar-refractivity contribution >= 4 is 61.2 Å². The number of carbonyl (C=O) groups is 1. The summed E-state index contributed by atoms with van der Waals surface area (Å²) in [7, 11) is 3.67. The van der Waals surface area contributed by atoms with Crippen molar-refractivity contribution in [2.24, 2.45) is 0 Å². The van der Waals surface area contributed by atoms with Crippen LogP contribution in [0.1, 0.15) is 36.4 Å². The van der Waals surface area contributed by atoms with Crippen LogP contribution in [0.25, 0.3) is 11.3 Å². The molecule has 9 heteroatoms. The summed E-state index contributed by atoms with van der Waals surface area (Å²) >= 11 is 6.97. The lowest BCUT2D eigenvalue weighted by molar-refractivity contribution is -0.107. The Labute approximate surface area is 205 Å². The maximum Gasteiger partial charge on any atom is 0.215 e. The minimum Gasteiger partial charge on any atom is -0.373 e. The number of carbonyl (C=O) groups excluding carboxylic acids is 1. The number of halogens is 2. The molecule has 4 aromatic rings. The van der Waals surface area contributed by atoms with E-state index in [9.17, 15) is 4.79 Å². The van der Waals surface area contributed by atoms with E-state index in [2.05, 4.69) is 71.5 Å². The minimum absolute atomic E-state index is 0.798. The Balaban J connectivity index is 0.000000182. The first kappa shape index (κ1) is 24.3. The normalized spacial score (nSPS) is 10.9. The summed E-state index contributed by atoms with van der Waals surface area (Å²) in [5.41, 5.74) is 6.23. The van der Waals surface area contributed by atoms with Crippen molar-refractivity contribution in [1.29, 1.82) is 0 Å². The van der Waals surface area contributed by atoms with Gasteiger partial charge in [-0.15, -0.1) is 0 Å². The predicted octanol–water partition coefficient (Wildman–Crippen LogP) is 5.57. The summed E-state index contributed by atoms with van der Waals surface area (Å²) < 4.78 is 6.09. The van der Waals surface area contributed by atoms with E-state index in [0.29, 0.717) is 0 Å². The average Bonchev–Trinajstić information content (AvgIpc) is 3.31. The van der Waals surface area contributed by atoms with E-state index in [1.54, 1.807) is 11.9 Å². The molecule has 170 valence electrons. The number of nitrogens with one attached hydrogen (secondary N) is 1. The Kier molecular flexibility index (Phi) is 7.61. The number of pyridine rings is 2. The minimum atomic E-state index is 0.798. The van der Waals surface area contributed by atoms with Crippen LogP contribution in [0, 0.1) is 13.8 Å². The molecule has 0 unspecified atom stereocenters. The molecule has 0 fully saturated rings. The van der Waals surface area contributed by atoms with Crippen molar-refractivity contribution in [2.75, 3.05) is 24.3 Å². The summed E-state index contributed by atoms with van der Waals surface area (Å²) in [5, 5.41) is 3.20. The van der Waals surface area contributed by atoms with Gasteiger partial charge in [0.1, 0.15) is 22.9 Å². The highest BCUT2D eigenvalue weighted by Crippen LogP contribution is 2.26. The van der Waals surface area contributed by atoms with Gasteiger partial charge in [0.15, 0.2) is 0 Å². The van der Waals surface area contributed by atoms with Crippen LogP contribution < -0.4 is 10.2 Å². The Morgan fingerprint density at radius 3 is 1.97 bits per heavy atom. The van der Waals surface area contributed by atoms with Gasteiger partial charge in [0, 0.05) is 35.4 Å². The van der Waals surface area contributed by atoms with Gasteiger partial charge in [0.05, 0.1) is 11.4 Å². The van der Waals surface area contributed by atoms with E-state index in [4.69, 9.17) is 0 Å². The van der Waals surface area contributed by atoms with Crippen molar-refractivity contribution < 1.29 is 4.79 Å². The van der Waals surface area contributed by atoms with E-state index in [-0.39, 0.29) is 0 Å². The van der Waals surface area contributed by atoms with Gasteiger partial charge in [-0.2, -0.15) is 0 Å². The zero-order chi connectivity index (χ0) is 23.6. The first-order valence-corrected chi connectivity index (χ1v) is 12.0. The van der Waals surface area contributed by atoms with Crippen molar-refractivity contribution in [2.45, 2.75) is 40.5 Å². The molecule has 4 heterocycles. The molecule has 32 heavy (non-hydrogen) atoms. The summed E-state index contributed by atoms with van der Waals surface area (Å²) in [6.45, 7) is 8.24. The SMILES string of the molecule is CCc1nc2c(C)cc(Br)cn2c1N(C)C=O.CCc1nc2c(C)cc(Br)cn2c1NC. The molecule has 0 saturated heterocycles. The average molecular weight is 564 g/mol. The molecular formula is C23H28Br2N6O. The molecule has 7 nitrogen and oxygen atoms in total. The third kappa shape index (κ3) is 4.54. The molecule has 0 spiro atoms. The van der Waals surface area contributed by atoms with E-state index in [1.165, 1.54) is 5.56 Å². The van der Waals surface area contributed by atoms with Crippen molar-refractivity contribution in [3.05, 3.63) is 56.0 Å². The summed E-state index contributed by atoms with van der Waals surface area (Å²) in [6, 6.07) is 4.10. The fourth-order valence-electron chi connectivity index (χ4n) is 3.79. The van der Waals surface area contributed by atoms with E-state index < -0.39 is 0 Å². The quantitative estimate of drug-likeness (QED) is 0.322. The molecule has 0 aliphatic heterocycles. The molecule has 1 amide bonds. The van der Waals surface area contributed by atoms with Gasteiger partial charge in [0.25, 0.3) is 0 Å². The monoisotopic (exact) mass is 562 g/mol. The third-order valence-electron chi connectivity index (χ3n) is 5.26. The van der Waals surface area contributed by atoms with Gasteiger partial charge >= 0.3 is 0 Å². The molecule has 0 aliphatic rings. The van der Waals surface area contributed by atoms with E-state index in [0.717, 1.165) is 68.1 Å². The smallest absolute Gasteiger partial charge is 0.215 e. The number of aromatic nitrogens is 4. The van der Waals surface area contributed by atoms with E-state index >= 15 is 0 Å². The van der Waals surface area contributed by atoms with Crippen LogP contribution in [0.5, 0.6) is 0 Å². The number of amides is 1. The van der Waals surface area contributed by atoms with Crippen LogP contribution in [0.2, 0.25) is 0 Å². The lowest BCUT2D eigenvalue weighted by atomic mass is 10.3. The van der Waals surface area contributed by atoms with Gasteiger partial charge in [0.2, 0.25) is 6.41 Å². The van der Waals surface area contributed by atoms with Crippen LogP contribution in [0.15, 0.2) is 33.5 Å². The number of imidazole rings is 2. The fourth-order valence-corrected chi connectivity index (χ4v) is 4.89. The number of aryl methyl sites for hydroxylation is 4. The highest BCUT2D eigenvalue weighted by atomic mass is 79.9. The predicted molar refractivity (Wildman–Crippen MR) is 138 cm³/mol. The molecule has 0 aromatic carbocycles. The van der Waals surface area contributed by atoms with Gasteiger partial charge in [-0.3, -0.25) is 13.6 Å². The summed E-state index contributed by atoms with van der Waals surface area (Å²) in [5.74, 6) is 1.92. The topological polar surface area (TPSA) is 66.9 Å². The van der Waals surface area contributed by atoms with Gasteiger partial charge in [-0.05, 0) is 81.8 Å². The van der Waals surface area contributed by atoms with Gasteiger partial charge in [-0.1, -0.05) is 13.8 Å². The summed E-state index contributed by atoms with van der Waals surface area (Å²) in [4.78, 5) is 21.7. The van der Waals surface area contributed by atoms with Crippen molar-refractivity contribution in [1.82, 2.24) is 18.8 Å². The first-order valence-electron chi connectivity index (χ1n) is 10.5. The fraction of sp³-hybridized carbons (Fsp3) is 0.348. The van der Waals surface area contributed by atoms with Crippen LogP contribution >= 0.6 is 31.9 Å². The highest BCUT2D eigenvalue weighted by Gasteiger charge is 2.16. The Bertz CT molecular complexity index is 1280. The van der Waals surface area contributed by atoms with Crippen molar-refractivity contribution in [3.63, 3.8) is 0 Å². The molecule has 4 rings (SSSR count). The number of rotatable bonds is 5. The Hall–Kier alpha value is -2.39. The molecule has 1 N–H and O–H groups in total. The number of nitrogens with zero attached hydrogens (tertiary/aromatic N) is 5. The van der Waals surface area contributed by atoms with Gasteiger partial charge in [-0.25, -0.2) is 9.97 Å². The molecule has 0 saturated carbocycles. The summed E-state index contributed by atoms with van der Waals surface area (Å²) in [6.07, 6.45) is 6.52. The van der Waals surface area contributed by atoms with Crippen LogP contribution in [-0.2, 0) is 17.6 Å². The molecule has 0 radical (unpaired) electrons. The van der Waals surface area contributed by atoms with Gasteiger partial charge < -0.3 is 10.2 Å². The first-order chi connectivity index (χ1) is 15.2. The third-order valence-corrected chi connectivity index (χ3v) is 6.12. The molecule has 0 aliphatic carbocycles. The largest absolute Gasteiger partial charge is 0.373 e. The molecule has 4 aromatic heterocycles. The van der Waals surface area contributed by atoms with Crippen LogP contribution in [0.4, 0.5) is 11.6 Å².